The van der Waals surface area contributed by atoms with Crippen LogP contribution in [0.15, 0.2) is 0 Å². The average Bonchev–Trinajstić information content (AvgIpc) is 2.61. The fraction of sp³-hybridized carbons (Fsp3) is 0.900. The van der Waals surface area contributed by atoms with Crippen LogP contribution in [0.2, 0.25) is 0 Å². The highest BCUT2D eigenvalue weighted by Crippen LogP contribution is 2.28. The number of carbonyl (C=O) groups excluding carboxylic acids is 1. The lowest BCUT2D eigenvalue weighted by Gasteiger charge is -2.34. The van der Waals surface area contributed by atoms with E-state index in [4.69, 9.17) is 0 Å². The summed E-state index contributed by atoms with van der Waals surface area (Å²) in [6, 6.07) is 0. The number of likely N-dealkylation sites (tertiary alicyclic amines) is 1. The second-order valence-corrected chi connectivity index (χ2v) is 4.60. The van der Waals surface area contributed by atoms with Crippen molar-refractivity contribution < 1.29 is 18.0 Å². The average molecular weight is 273 g/mol. The SMILES string of the molecule is Cl.O=C(CC(F)(F)F)N1CCC2CNCC2C1. The van der Waals surface area contributed by atoms with Crippen molar-refractivity contribution in [2.45, 2.75) is 19.0 Å². The molecule has 0 saturated carbocycles. The number of nitrogens with one attached hydrogen (secondary N) is 1. The van der Waals surface area contributed by atoms with Crippen molar-refractivity contribution in [2.75, 3.05) is 26.2 Å². The predicted octanol–water partition coefficient (Wildman–Crippen LogP) is 1.43. The van der Waals surface area contributed by atoms with Crippen molar-refractivity contribution in [1.29, 1.82) is 0 Å². The summed E-state index contributed by atoms with van der Waals surface area (Å²) in [4.78, 5) is 12.8. The Morgan fingerprint density at radius 2 is 1.94 bits per heavy atom. The van der Waals surface area contributed by atoms with E-state index in [1.807, 2.05) is 0 Å². The van der Waals surface area contributed by atoms with Gasteiger partial charge in [-0.3, -0.25) is 4.79 Å². The smallest absolute Gasteiger partial charge is 0.342 e. The summed E-state index contributed by atoms with van der Waals surface area (Å²) in [6.45, 7) is 2.71. The lowest BCUT2D eigenvalue weighted by Crippen LogP contribution is -2.44. The van der Waals surface area contributed by atoms with Crippen LogP contribution in [-0.4, -0.2) is 43.2 Å². The monoisotopic (exact) mass is 272 g/mol. The minimum atomic E-state index is -4.39. The van der Waals surface area contributed by atoms with Crippen molar-refractivity contribution in [3.05, 3.63) is 0 Å². The standard InChI is InChI=1S/C10H15F3N2O.ClH/c11-10(12,13)3-9(16)15-2-1-7-4-14-5-8(7)6-15;/h7-8,14H,1-6H2;1H. The summed E-state index contributed by atoms with van der Waals surface area (Å²) in [6.07, 6.45) is -4.89. The minimum Gasteiger partial charge on any atom is -0.342 e. The number of carbonyl (C=O) groups is 1. The highest BCUT2D eigenvalue weighted by molar-refractivity contribution is 5.85. The van der Waals surface area contributed by atoms with Crippen LogP contribution in [0.4, 0.5) is 13.2 Å². The highest BCUT2D eigenvalue weighted by atomic mass is 35.5. The largest absolute Gasteiger partial charge is 0.397 e. The van der Waals surface area contributed by atoms with Gasteiger partial charge in [-0.25, -0.2) is 0 Å². The maximum atomic E-state index is 12.1. The van der Waals surface area contributed by atoms with E-state index < -0.39 is 18.5 Å². The maximum Gasteiger partial charge on any atom is 0.397 e. The molecule has 2 heterocycles. The lowest BCUT2D eigenvalue weighted by atomic mass is 9.88. The Labute approximate surface area is 104 Å². The third-order valence-electron chi connectivity index (χ3n) is 3.41. The Morgan fingerprint density at radius 3 is 2.59 bits per heavy atom. The van der Waals surface area contributed by atoms with Gasteiger partial charge in [-0.05, 0) is 31.3 Å². The number of alkyl halides is 3. The number of amides is 1. The molecule has 3 nitrogen and oxygen atoms in total. The van der Waals surface area contributed by atoms with Crippen molar-refractivity contribution in [2.24, 2.45) is 11.8 Å². The Morgan fingerprint density at radius 1 is 1.29 bits per heavy atom. The Bertz CT molecular complexity index is 285. The zero-order valence-electron chi connectivity index (χ0n) is 9.29. The van der Waals surface area contributed by atoms with Gasteiger partial charge in [0.25, 0.3) is 0 Å². The molecular formula is C10H16ClF3N2O. The number of hydrogen-bond donors (Lipinski definition) is 1. The van der Waals surface area contributed by atoms with Crippen LogP contribution in [-0.2, 0) is 4.79 Å². The van der Waals surface area contributed by atoms with Crippen LogP contribution >= 0.6 is 12.4 Å². The topological polar surface area (TPSA) is 32.3 Å². The van der Waals surface area contributed by atoms with Gasteiger partial charge in [0.1, 0.15) is 6.42 Å². The number of fused-ring (bicyclic) bond motifs is 1. The molecule has 2 atom stereocenters. The van der Waals surface area contributed by atoms with Crippen LogP contribution in [0.25, 0.3) is 0 Å². The first-order valence-corrected chi connectivity index (χ1v) is 5.51. The zero-order valence-corrected chi connectivity index (χ0v) is 10.1. The van der Waals surface area contributed by atoms with E-state index in [9.17, 15) is 18.0 Å². The van der Waals surface area contributed by atoms with Gasteiger partial charge < -0.3 is 10.2 Å². The van der Waals surface area contributed by atoms with E-state index in [0.29, 0.717) is 24.9 Å². The van der Waals surface area contributed by atoms with Gasteiger partial charge in [0.2, 0.25) is 5.91 Å². The molecule has 0 aromatic heterocycles. The lowest BCUT2D eigenvalue weighted by molar-refractivity contribution is -0.162. The van der Waals surface area contributed by atoms with E-state index in [-0.39, 0.29) is 12.4 Å². The van der Waals surface area contributed by atoms with Crippen LogP contribution in [0, 0.1) is 11.8 Å². The number of nitrogens with zero attached hydrogens (tertiary/aromatic N) is 1. The third-order valence-corrected chi connectivity index (χ3v) is 3.41. The molecular weight excluding hydrogens is 257 g/mol. The number of hydrogen-bond acceptors (Lipinski definition) is 2. The first kappa shape index (κ1) is 14.6. The third kappa shape index (κ3) is 3.74. The van der Waals surface area contributed by atoms with E-state index in [1.54, 1.807) is 0 Å². The Hall–Kier alpha value is -0.490. The molecule has 2 unspecified atom stereocenters. The molecule has 100 valence electrons. The normalized spacial score (nSPS) is 28.5. The second-order valence-electron chi connectivity index (χ2n) is 4.60. The number of rotatable bonds is 1. The van der Waals surface area contributed by atoms with Crippen molar-refractivity contribution in [1.82, 2.24) is 10.2 Å². The molecule has 0 aromatic carbocycles. The molecule has 2 rings (SSSR count). The molecule has 0 aliphatic carbocycles. The van der Waals surface area contributed by atoms with E-state index in [0.717, 1.165) is 19.5 Å². The number of halogens is 4. The van der Waals surface area contributed by atoms with Crippen LogP contribution in [0.1, 0.15) is 12.8 Å². The van der Waals surface area contributed by atoms with Crippen LogP contribution < -0.4 is 5.32 Å². The molecule has 1 amide bonds. The van der Waals surface area contributed by atoms with Crippen LogP contribution in [0.3, 0.4) is 0 Å². The summed E-state index contributed by atoms with van der Waals surface area (Å²) in [7, 11) is 0. The molecule has 0 bridgehead atoms. The highest BCUT2D eigenvalue weighted by Gasteiger charge is 2.38. The summed E-state index contributed by atoms with van der Waals surface area (Å²) < 4.78 is 36.2. The molecule has 0 radical (unpaired) electrons. The van der Waals surface area contributed by atoms with E-state index in [1.165, 1.54) is 4.90 Å². The molecule has 2 fully saturated rings. The minimum absolute atomic E-state index is 0. The first-order chi connectivity index (χ1) is 7.46. The van der Waals surface area contributed by atoms with E-state index in [2.05, 4.69) is 5.32 Å². The number of piperidine rings is 1. The Balaban J connectivity index is 0.00000144. The molecule has 7 heteroatoms. The molecule has 2 aliphatic heterocycles. The van der Waals surface area contributed by atoms with Crippen molar-refractivity contribution >= 4 is 18.3 Å². The van der Waals surface area contributed by atoms with Gasteiger partial charge in [-0.15, -0.1) is 12.4 Å². The molecule has 2 saturated heterocycles. The first-order valence-electron chi connectivity index (χ1n) is 5.51. The quantitative estimate of drug-likeness (QED) is 0.783. The maximum absolute atomic E-state index is 12.1. The van der Waals surface area contributed by atoms with Gasteiger partial charge in [-0.2, -0.15) is 13.2 Å². The summed E-state index contributed by atoms with van der Waals surface area (Å²) >= 11 is 0. The molecule has 2 aliphatic rings. The van der Waals surface area contributed by atoms with E-state index >= 15 is 0 Å². The second kappa shape index (κ2) is 5.44. The van der Waals surface area contributed by atoms with Crippen LogP contribution in [0.5, 0.6) is 0 Å². The van der Waals surface area contributed by atoms with Gasteiger partial charge in [0.15, 0.2) is 0 Å². The fourth-order valence-electron chi connectivity index (χ4n) is 2.54. The summed E-state index contributed by atoms with van der Waals surface area (Å²) in [5, 5.41) is 3.21. The van der Waals surface area contributed by atoms with Gasteiger partial charge >= 0.3 is 6.18 Å². The predicted molar refractivity (Wildman–Crippen MR) is 59.0 cm³/mol. The fourth-order valence-corrected chi connectivity index (χ4v) is 2.54. The zero-order chi connectivity index (χ0) is 11.8. The molecule has 17 heavy (non-hydrogen) atoms. The van der Waals surface area contributed by atoms with Crippen molar-refractivity contribution in [3.8, 4) is 0 Å². The van der Waals surface area contributed by atoms with Gasteiger partial charge in [0, 0.05) is 13.1 Å². The molecule has 1 N–H and O–H groups in total. The molecule has 0 aromatic rings. The Kier molecular flexibility index (Phi) is 4.66. The molecule has 0 spiro atoms. The summed E-state index contributed by atoms with van der Waals surface area (Å²) in [5.41, 5.74) is 0. The summed E-state index contributed by atoms with van der Waals surface area (Å²) in [5.74, 6) is 0.0960. The van der Waals surface area contributed by atoms with Gasteiger partial charge in [-0.1, -0.05) is 0 Å². The van der Waals surface area contributed by atoms with Crippen molar-refractivity contribution in [3.63, 3.8) is 0 Å². The van der Waals surface area contributed by atoms with Gasteiger partial charge in [0.05, 0.1) is 0 Å².